The number of methoxy groups -OCH3 is 1. The Balaban J connectivity index is 1.81. The SMILES string of the molecule is CCCNC(CN1CCC2(CCCCC2)CC1)C(=O)OC. The van der Waals surface area contributed by atoms with Gasteiger partial charge in [-0.3, -0.25) is 4.79 Å². The number of piperidine rings is 1. The summed E-state index contributed by atoms with van der Waals surface area (Å²) in [5.74, 6) is -0.124. The van der Waals surface area contributed by atoms with E-state index in [2.05, 4.69) is 17.1 Å². The second-order valence-corrected chi connectivity index (χ2v) is 6.89. The Morgan fingerprint density at radius 1 is 1.19 bits per heavy atom. The molecule has 1 saturated carbocycles. The fraction of sp³-hybridized carbons (Fsp3) is 0.941. The molecule has 1 unspecified atom stereocenters. The lowest BCUT2D eigenvalue weighted by Gasteiger charge is -2.44. The number of esters is 1. The Bertz CT molecular complexity index is 317. The fourth-order valence-corrected chi connectivity index (χ4v) is 3.95. The summed E-state index contributed by atoms with van der Waals surface area (Å²) in [5, 5.41) is 3.32. The maximum atomic E-state index is 11.9. The van der Waals surface area contributed by atoms with Gasteiger partial charge in [0.05, 0.1) is 7.11 Å². The third-order valence-electron chi connectivity index (χ3n) is 5.40. The molecule has 1 saturated heterocycles. The second-order valence-electron chi connectivity index (χ2n) is 6.89. The number of nitrogens with one attached hydrogen (secondary N) is 1. The van der Waals surface area contributed by atoms with Crippen LogP contribution in [-0.4, -0.2) is 50.2 Å². The standard InChI is InChI=1S/C17H32N2O2/c1-3-11-18-15(16(20)21-2)14-19-12-9-17(10-13-19)7-5-4-6-8-17/h15,18H,3-14H2,1-2H3. The van der Waals surface area contributed by atoms with Gasteiger partial charge in [-0.05, 0) is 57.2 Å². The summed E-state index contributed by atoms with van der Waals surface area (Å²) in [7, 11) is 1.48. The number of likely N-dealkylation sites (tertiary alicyclic amines) is 1. The van der Waals surface area contributed by atoms with Gasteiger partial charge in [-0.15, -0.1) is 0 Å². The van der Waals surface area contributed by atoms with Crippen molar-refractivity contribution in [3.63, 3.8) is 0 Å². The zero-order valence-electron chi connectivity index (χ0n) is 13.8. The predicted octanol–water partition coefficient (Wildman–Crippen LogP) is 2.57. The van der Waals surface area contributed by atoms with Crippen LogP contribution in [0, 0.1) is 5.41 Å². The third-order valence-corrected chi connectivity index (χ3v) is 5.40. The molecule has 1 aliphatic heterocycles. The van der Waals surface area contributed by atoms with E-state index in [1.54, 1.807) is 0 Å². The van der Waals surface area contributed by atoms with Gasteiger partial charge in [-0.2, -0.15) is 0 Å². The number of carbonyl (C=O) groups is 1. The summed E-state index contributed by atoms with van der Waals surface area (Å²) in [5.41, 5.74) is 0.631. The van der Waals surface area contributed by atoms with Gasteiger partial charge < -0.3 is 15.0 Å². The minimum atomic E-state index is -0.171. The highest BCUT2D eigenvalue weighted by atomic mass is 16.5. The van der Waals surface area contributed by atoms with Crippen molar-refractivity contribution in [2.45, 2.75) is 64.3 Å². The Labute approximate surface area is 129 Å². The zero-order chi connectivity index (χ0) is 15.1. The zero-order valence-corrected chi connectivity index (χ0v) is 13.8. The molecule has 2 fully saturated rings. The first-order valence-corrected chi connectivity index (χ1v) is 8.73. The van der Waals surface area contributed by atoms with E-state index in [0.29, 0.717) is 5.41 Å². The van der Waals surface area contributed by atoms with E-state index in [-0.39, 0.29) is 12.0 Å². The van der Waals surface area contributed by atoms with E-state index in [1.165, 1.54) is 52.1 Å². The van der Waals surface area contributed by atoms with Gasteiger partial charge in [0.1, 0.15) is 6.04 Å². The van der Waals surface area contributed by atoms with E-state index in [1.807, 2.05) is 0 Å². The number of hydrogen-bond acceptors (Lipinski definition) is 4. The maximum absolute atomic E-state index is 11.9. The molecule has 0 aromatic carbocycles. The highest BCUT2D eigenvalue weighted by Gasteiger charge is 2.36. The normalized spacial score (nSPS) is 23.9. The molecule has 0 aromatic heterocycles. The molecule has 1 spiro atoms. The molecule has 0 amide bonds. The molecular formula is C17H32N2O2. The molecule has 21 heavy (non-hydrogen) atoms. The van der Waals surface area contributed by atoms with Crippen molar-refractivity contribution >= 4 is 5.97 Å². The van der Waals surface area contributed by atoms with Crippen molar-refractivity contribution in [2.24, 2.45) is 5.41 Å². The molecule has 4 heteroatoms. The van der Waals surface area contributed by atoms with Crippen molar-refractivity contribution < 1.29 is 9.53 Å². The molecule has 0 aromatic rings. The Morgan fingerprint density at radius 3 is 2.43 bits per heavy atom. The molecule has 4 nitrogen and oxygen atoms in total. The first-order chi connectivity index (χ1) is 10.2. The van der Waals surface area contributed by atoms with Gasteiger partial charge in [0.2, 0.25) is 0 Å². The highest BCUT2D eigenvalue weighted by molar-refractivity contribution is 5.75. The van der Waals surface area contributed by atoms with Crippen molar-refractivity contribution in [3.8, 4) is 0 Å². The molecule has 2 aliphatic rings. The average molecular weight is 296 g/mol. The van der Waals surface area contributed by atoms with Crippen LogP contribution in [0.1, 0.15) is 58.3 Å². The van der Waals surface area contributed by atoms with Crippen LogP contribution in [0.3, 0.4) is 0 Å². The molecule has 0 bridgehead atoms. The lowest BCUT2D eigenvalue weighted by Crippen LogP contribution is -2.50. The number of nitrogens with zero attached hydrogens (tertiary/aromatic N) is 1. The van der Waals surface area contributed by atoms with Crippen LogP contribution in [0.5, 0.6) is 0 Å². The number of hydrogen-bond donors (Lipinski definition) is 1. The predicted molar refractivity (Wildman–Crippen MR) is 85.3 cm³/mol. The molecule has 1 atom stereocenters. The molecule has 2 rings (SSSR count). The van der Waals surface area contributed by atoms with Gasteiger partial charge in [-0.25, -0.2) is 0 Å². The van der Waals surface area contributed by atoms with Crippen molar-refractivity contribution in [1.82, 2.24) is 10.2 Å². The molecule has 0 radical (unpaired) electrons. The Hall–Kier alpha value is -0.610. The third kappa shape index (κ3) is 4.68. The monoisotopic (exact) mass is 296 g/mol. The lowest BCUT2D eigenvalue weighted by atomic mass is 9.68. The quantitative estimate of drug-likeness (QED) is 0.765. The van der Waals surface area contributed by atoms with E-state index in [9.17, 15) is 4.79 Å². The number of carbonyl (C=O) groups excluding carboxylic acids is 1. The minimum Gasteiger partial charge on any atom is -0.468 e. The van der Waals surface area contributed by atoms with Gasteiger partial charge in [0.25, 0.3) is 0 Å². The first-order valence-electron chi connectivity index (χ1n) is 8.73. The first kappa shape index (κ1) is 16.8. The van der Waals surface area contributed by atoms with Gasteiger partial charge in [-0.1, -0.05) is 26.2 Å². The largest absolute Gasteiger partial charge is 0.468 e. The van der Waals surface area contributed by atoms with Gasteiger partial charge in [0, 0.05) is 6.54 Å². The smallest absolute Gasteiger partial charge is 0.324 e. The second kappa shape index (κ2) is 8.14. The molecule has 122 valence electrons. The Morgan fingerprint density at radius 2 is 1.86 bits per heavy atom. The van der Waals surface area contributed by atoms with E-state index in [0.717, 1.165) is 32.6 Å². The Kier molecular flexibility index (Phi) is 6.49. The number of rotatable bonds is 6. The van der Waals surface area contributed by atoms with Crippen molar-refractivity contribution in [3.05, 3.63) is 0 Å². The molecule has 1 heterocycles. The summed E-state index contributed by atoms with van der Waals surface area (Å²) in [4.78, 5) is 14.3. The van der Waals surface area contributed by atoms with Crippen LogP contribution < -0.4 is 5.32 Å². The van der Waals surface area contributed by atoms with E-state index in [4.69, 9.17) is 4.74 Å². The topological polar surface area (TPSA) is 41.6 Å². The van der Waals surface area contributed by atoms with Crippen LogP contribution in [0.25, 0.3) is 0 Å². The van der Waals surface area contributed by atoms with Gasteiger partial charge in [0.15, 0.2) is 0 Å². The summed E-state index contributed by atoms with van der Waals surface area (Å²) < 4.78 is 4.93. The summed E-state index contributed by atoms with van der Waals surface area (Å²) in [6.45, 7) is 6.07. The van der Waals surface area contributed by atoms with Crippen LogP contribution in [0.15, 0.2) is 0 Å². The van der Waals surface area contributed by atoms with Crippen LogP contribution in [-0.2, 0) is 9.53 Å². The van der Waals surface area contributed by atoms with Gasteiger partial charge >= 0.3 is 5.97 Å². The van der Waals surface area contributed by atoms with E-state index >= 15 is 0 Å². The summed E-state index contributed by atoms with van der Waals surface area (Å²) >= 11 is 0. The molecule has 1 N–H and O–H groups in total. The maximum Gasteiger partial charge on any atom is 0.324 e. The van der Waals surface area contributed by atoms with Crippen molar-refractivity contribution in [1.29, 1.82) is 0 Å². The minimum absolute atomic E-state index is 0.124. The fourth-order valence-electron chi connectivity index (χ4n) is 3.95. The summed E-state index contributed by atoms with van der Waals surface area (Å²) in [6, 6.07) is -0.171. The number of ether oxygens (including phenoxy) is 1. The lowest BCUT2D eigenvalue weighted by molar-refractivity contribution is -0.143. The van der Waals surface area contributed by atoms with Crippen molar-refractivity contribution in [2.75, 3.05) is 33.3 Å². The molecular weight excluding hydrogens is 264 g/mol. The average Bonchev–Trinajstić information content (AvgIpc) is 2.53. The summed E-state index contributed by atoms with van der Waals surface area (Å²) in [6.07, 6.45) is 10.8. The van der Waals surface area contributed by atoms with Crippen LogP contribution in [0.2, 0.25) is 0 Å². The van der Waals surface area contributed by atoms with Crippen LogP contribution >= 0.6 is 0 Å². The van der Waals surface area contributed by atoms with E-state index < -0.39 is 0 Å². The molecule has 1 aliphatic carbocycles. The highest BCUT2D eigenvalue weighted by Crippen LogP contribution is 2.44. The van der Waals surface area contributed by atoms with Crippen LogP contribution in [0.4, 0.5) is 0 Å².